The summed E-state index contributed by atoms with van der Waals surface area (Å²) in [5, 5.41) is 6.13. The molecule has 122 valence electrons. The van der Waals surface area contributed by atoms with E-state index in [1.807, 2.05) is 0 Å². The van der Waals surface area contributed by atoms with E-state index in [2.05, 4.69) is 15.4 Å². The van der Waals surface area contributed by atoms with Crippen LogP contribution in [0.5, 0.6) is 5.75 Å². The summed E-state index contributed by atoms with van der Waals surface area (Å²) in [4.78, 5) is 12.1. The molecule has 0 radical (unpaired) electrons. The number of hydrogen-bond donors (Lipinski definition) is 2. The Labute approximate surface area is 129 Å². The van der Waals surface area contributed by atoms with Crippen molar-refractivity contribution in [2.24, 2.45) is 5.92 Å². The third kappa shape index (κ3) is 4.94. The van der Waals surface area contributed by atoms with Gasteiger partial charge in [-0.1, -0.05) is 18.2 Å². The molecule has 1 aromatic rings. The van der Waals surface area contributed by atoms with Crippen LogP contribution in [0.1, 0.15) is 37.8 Å². The molecule has 0 bridgehead atoms. The van der Waals surface area contributed by atoms with Crippen LogP contribution in [0.2, 0.25) is 0 Å². The molecule has 1 aromatic carbocycles. The monoisotopic (exact) mass is 312 g/mol. The normalized spacial score (nSPS) is 17.3. The highest BCUT2D eigenvalue weighted by atomic mass is 19.3. The maximum Gasteiger partial charge on any atom is 0.387 e. The predicted octanol–water partition coefficient (Wildman–Crippen LogP) is 2.85. The second kappa shape index (κ2) is 8.08. The number of para-hydroxylation sites is 1. The van der Waals surface area contributed by atoms with E-state index in [0.717, 1.165) is 25.9 Å². The van der Waals surface area contributed by atoms with Crippen LogP contribution in [0.4, 0.5) is 8.78 Å². The molecule has 1 saturated heterocycles. The molecule has 1 unspecified atom stereocenters. The van der Waals surface area contributed by atoms with E-state index < -0.39 is 6.61 Å². The second-order valence-corrected chi connectivity index (χ2v) is 5.60. The Hall–Kier alpha value is -1.69. The average Bonchev–Trinajstić information content (AvgIpc) is 2.48. The van der Waals surface area contributed by atoms with Crippen molar-refractivity contribution in [3.05, 3.63) is 29.8 Å². The van der Waals surface area contributed by atoms with Gasteiger partial charge in [-0.3, -0.25) is 4.79 Å². The maximum absolute atomic E-state index is 12.4. The third-order valence-electron chi connectivity index (χ3n) is 3.91. The second-order valence-electron chi connectivity index (χ2n) is 5.60. The molecule has 0 saturated carbocycles. The van der Waals surface area contributed by atoms with Crippen molar-refractivity contribution in [2.45, 2.75) is 38.8 Å². The Morgan fingerprint density at radius 1 is 1.36 bits per heavy atom. The number of ether oxygens (including phenoxy) is 1. The lowest BCUT2D eigenvalue weighted by atomic mass is 9.94. The molecule has 22 heavy (non-hydrogen) atoms. The van der Waals surface area contributed by atoms with Gasteiger partial charge < -0.3 is 15.4 Å². The zero-order valence-corrected chi connectivity index (χ0v) is 12.6. The number of alkyl halides is 2. The van der Waals surface area contributed by atoms with E-state index in [0.29, 0.717) is 17.9 Å². The summed E-state index contributed by atoms with van der Waals surface area (Å²) in [6, 6.07) is 6.17. The minimum atomic E-state index is -2.88. The molecule has 1 fully saturated rings. The molecule has 4 nitrogen and oxygen atoms in total. The van der Waals surface area contributed by atoms with E-state index in [9.17, 15) is 13.6 Å². The molecule has 0 aromatic heterocycles. The first kappa shape index (κ1) is 16.7. The zero-order chi connectivity index (χ0) is 15.9. The number of piperidine rings is 1. The van der Waals surface area contributed by atoms with Crippen LogP contribution in [-0.2, 0) is 4.79 Å². The minimum absolute atomic E-state index is 0.0498. The highest BCUT2D eigenvalue weighted by molar-refractivity contribution is 5.76. The third-order valence-corrected chi connectivity index (χ3v) is 3.91. The summed E-state index contributed by atoms with van der Waals surface area (Å²) < 4.78 is 29.3. The van der Waals surface area contributed by atoms with Gasteiger partial charge in [0.1, 0.15) is 5.75 Å². The molecule has 1 heterocycles. The first-order valence-electron chi connectivity index (χ1n) is 7.60. The van der Waals surface area contributed by atoms with Gasteiger partial charge in [-0.2, -0.15) is 8.78 Å². The van der Waals surface area contributed by atoms with Crippen LogP contribution in [0, 0.1) is 5.92 Å². The zero-order valence-electron chi connectivity index (χ0n) is 12.6. The van der Waals surface area contributed by atoms with Gasteiger partial charge >= 0.3 is 6.61 Å². The number of hydrogen-bond acceptors (Lipinski definition) is 3. The number of carbonyl (C=O) groups is 1. The van der Waals surface area contributed by atoms with Crippen molar-refractivity contribution in [3.8, 4) is 5.75 Å². The van der Waals surface area contributed by atoms with Crippen LogP contribution in [0.25, 0.3) is 0 Å². The molecule has 2 N–H and O–H groups in total. The van der Waals surface area contributed by atoms with Crippen molar-refractivity contribution < 1.29 is 18.3 Å². The summed E-state index contributed by atoms with van der Waals surface area (Å²) in [7, 11) is 0. The smallest absolute Gasteiger partial charge is 0.387 e. The molecule has 0 spiro atoms. The number of rotatable bonds is 6. The first-order valence-corrected chi connectivity index (χ1v) is 7.60. The number of halogens is 2. The lowest BCUT2D eigenvalue weighted by Gasteiger charge is -2.23. The highest BCUT2D eigenvalue weighted by Crippen LogP contribution is 2.26. The highest BCUT2D eigenvalue weighted by Gasteiger charge is 2.20. The van der Waals surface area contributed by atoms with E-state index in [-0.39, 0.29) is 17.7 Å². The molecule has 6 heteroatoms. The topological polar surface area (TPSA) is 50.4 Å². The Morgan fingerprint density at radius 2 is 2.05 bits per heavy atom. The van der Waals surface area contributed by atoms with Crippen LogP contribution in [0.3, 0.4) is 0 Å². The fourth-order valence-electron chi connectivity index (χ4n) is 2.77. The van der Waals surface area contributed by atoms with Gasteiger partial charge in [-0.15, -0.1) is 0 Å². The number of amides is 1. The Bertz CT molecular complexity index is 491. The van der Waals surface area contributed by atoms with Gasteiger partial charge in [0.25, 0.3) is 0 Å². The van der Waals surface area contributed by atoms with Crippen LogP contribution >= 0.6 is 0 Å². The SMILES string of the molecule is CC(NC(=O)CC1CCNCC1)c1ccccc1OC(F)F. The van der Waals surface area contributed by atoms with E-state index in [1.165, 1.54) is 6.07 Å². The molecule has 1 aliphatic rings. The van der Waals surface area contributed by atoms with E-state index in [1.54, 1.807) is 25.1 Å². The molecular formula is C16H22F2N2O2. The van der Waals surface area contributed by atoms with E-state index >= 15 is 0 Å². The molecule has 1 amide bonds. The van der Waals surface area contributed by atoms with Crippen LogP contribution < -0.4 is 15.4 Å². The molecule has 0 aliphatic carbocycles. The fourth-order valence-corrected chi connectivity index (χ4v) is 2.77. The summed E-state index contributed by atoms with van der Waals surface area (Å²) in [6.45, 7) is 0.782. The lowest BCUT2D eigenvalue weighted by molar-refractivity contribution is -0.122. The summed E-state index contributed by atoms with van der Waals surface area (Å²) in [6.07, 6.45) is 2.46. The van der Waals surface area contributed by atoms with Gasteiger partial charge in [0, 0.05) is 12.0 Å². The van der Waals surface area contributed by atoms with Gasteiger partial charge in [-0.25, -0.2) is 0 Å². The van der Waals surface area contributed by atoms with Crippen molar-refractivity contribution in [1.29, 1.82) is 0 Å². The lowest BCUT2D eigenvalue weighted by Crippen LogP contribution is -2.33. The summed E-state index contributed by atoms with van der Waals surface area (Å²) >= 11 is 0. The Balaban J connectivity index is 1.93. The van der Waals surface area contributed by atoms with Crippen molar-refractivity contribution >= 4 is 5.91 Å². The fraction of sp³-hybridized carbons (Fsp3) is 0.562. The average molecular weight is 312 g/mol. The van der Waals surface area contributed by atoms with Crippen molar-refractivity contribution in [2.75, 3.05) is 13.1 Å². The number of benzene rings is 1. The van der Waals surface area contributed by atoms with Crippen molar-refractivity contribution in [1.82, 2.24) is 10.6 Å². The minimum Gasteiger partial charge on any atom is -0.434 e. The first-order chi connectivity index (χ1) is 10.6. The van der Waals surface area contributed by atoms with Crippen molar-refractivity contribution in [3.63, 3.8) is 0 Å². The van der Waals surface area contributed by atoms with Gasteiger partial charge in [-0.05, 0) is 44.8 Å². The summed E-state index contributed by atoms with van der Waals surface area (Å²) in [5.74, 6) is 0.444. The van der Waals surface area contributed by atoms with Crippen LogP contribution in [0.15, 0.2) is 24.3 Å². The largest absolute Gasteiger partial charge is 0.434 e. The van der Waals surface area contributed by atoms with Crippen LogP contribution in [-0.4, -0.2) is 25.6 Å². The van der Waals surface area contributed by atoms with Gasteiger partial charge in [0.15, 0.2) is 0 Å². The van der Waals surface area contributed by atoms with Gasteiger partial charge in [0.05, 0.1) is 6.04 Å². The quantitative estimate of drug-likeness (QED) is 0.849. The Morgan fingerprint density at radius 3 is 2.73 bits per heavy atom. The molecule has 2 rings (SSSR count). The molecular weight excluding hydrogens is 290 g/mol. The number of nitrogens with one attached hydrogen (secondary N) is 2. The molecule has 1 aliphatic heterocycles. The standard InChI is InChI=1S/C16H22F2N2O2/c1-11(13-4-2-3-5-14(13)22-16(17)18)20-15(21)10-12-6-8-19-9-7-12/h2-5,11-12,16,19H,6-10H2,1H3,(H,20,21). The summed E-state index contributed by atoms with van der Waals surface area (Å²) in [5.41, 5.74) is 0.557. The number of carbonyl (C=O) groups excluding carboxylic acids is 1. The Kier molecular flexibility index (Phi) is 6.12. The predicted molar refractivity (Wildman–Crippen MR) is 79.8 cm³/mol. The maximum atomic E-state index is 12.4. The van der Waals surface area contributed by atoms with Gasteiger partial charge in [0.2, 0.25) is 5.91 Å². The molecule has 1 atom stereocenters. The van der Waals surface area contributed by atoms with E-state index in [4.69, 9.17) is 0 Å².